The fourth-order valence-electron chi connectivity index (χ4n) is 0.943. The Morgan fingerprint density at radius 2 is 1.93 bits per heavy atom. The third-order valence-electron chi connectivity index (χ3n) is 1.49. The van der Waals surface area contributed by atoms with Gasteiger partial charge in [0.25, 0.3) is 0 Å². The van der Waals surface area contributed by atoms with Crippen molar-refractivity contribution in [3.63, 3.8) is 0 Å². The Labute approximate surface area is 107 Å². The van der Waals surface area contributed by atoms with Crippen molar-refractivity contribution in [1.82, 2.24) is 0 Å². The molecule has 0 saturated heterocycles. The molecule has 0 bridgehead atoms. The molecule has 0 fully saturated rings. The number of rotatable bonds is 2. The topological polar surface area (TPSA) is 124 Å². The van der Waals surface area contributed by atoms with E-state index in [4.69, 9.17) is 10.3 Å². The van der Waals surface area contributed by atoms with Crippen LogP contribution in [0.15, 0.2) is 23.1 Å². The van der Waals surface area contributed by atoms with Crippen molar-refractivity contribution < 1.29 is 17.9 Å². The number of anilines is 1. The molecular formula is C6H6N2NaO5S. The van der Waals surface area contributed by atoms with Gasteiger partial charge in [-0.15, -0.1) is 0 Å². The summed E-state index contributed by atoms with van der Waals surface area (Å²) < 4.78 is 30.1. The van der Waals surface area contributed by atoms with Gasteiger partial charge in [-0.3, -0.25) is 14.7 Å². The Bertz CT molecular complexity index is 486. The largest absolute Gasteiger partial charge is 0.393 e. The van der Waals surface area contributed by atoms with Crippen molar-refractivity contribution in [3.8, 4) is 0 Å². The number of hydrogen-bond donors (Lipinski definition) is 2. The smallest absolute Gasteiger partial charge is 0.313 e. The van der Waals surface area contributed by atoms with Crippen LogP contribution in [0.3, 0.4) is 0 Å². The van der Waals surface area contributed by atoms with Gasteiger partial charge >= 0.3 is 15.8 Å². The molecule has 9 heteroatoms. The van der Waals surface area contributed by atoms with E-state index in [-0.39, 0.29) is 35.2 Å². The maximum Gasteiger partial charge on any atom is 0.313 e. The van der Waals surface area contributed by atoms with E-state index in [0.29, 0.717) is 0 Å². The molecule has 0 aromatic heterocycles. The number of nitrogens with two attached hydrogens (primary N) is 1. The first-order valence-corrected chi connectivity index (χ1v) is 4.78. The Morgan fingerprint density at radius 1 is 1.40 bits per heavy atom. The van der Waals surface area contributed by atoms with Gasteiger partial charge in [-0.1, -0.05) is 6.07 Å². The molecule has 1 radical (unpaired) electrons. The zero-order valence-electron chi connectivity index (χ0n) is 7.75. The fourth-order valence-corrected chi connectivity index (χ4v) is 1.63. The second-order valence-corrected chi connectivity index (χ2v) is 3.82. The van der Waals surface area contributed by atoms with Crippen molar-refractivity contribution in [2.75, 3.05) is 5.73 Å². The Hall–Kier alpha value is -0.670. The van der Waals surface area contributed by atoms with Crippen molar-refractivity contribution >= 4 is 51.1 Å². The molecule has 1 rings (SSSR count). The van der Waals surface area contributed by atoms with Crippen LogP contribution in [-0.2, 0) is 10.1 Å². The number of nitro benzene ring substituents is 1. The van der Waals surface area contributed by atoms with Gasteiger partial charge in [0.1, 0.15) is 5.69 Å². The standard InChI is InChI=1S/C6H6N2O5S.Na/c7-4-2-1-3-5(14(11,12)13)6(4)8(9)10;/h1-3H,7H2,(H,11,12,13);. The van der Waals surface area contributed by atoms with E-state index in [1.165, 1.54) is 12.1 Å². The first-order valence-electron chi connectivity index (χ1n) is 3.34. The van der Waals surface area contributed by atoms with Crippen LogP contribution in [-0.4, -0.2) is 47.5 Å². The molecule has 15 heavy (non-hydrogen) atoms. The van der Waals surface area contributed by atoms with Crippen LogP contribution in [0, 0.1) is 10.1 Å². The Morgan fingerprint density at radius 3 is 2.27 bits per heavy atom. The molecule has 0 aliphatic heterocycles. The van der Waals surface area contributed by atoms with Gasteiger partial charge in [-0.2, -0.15) is 8.42 Å². The van der Waals surface area contributed by atoms with Crippen LogP contribution in [0.5, 0.6) is 0 Å². The molecule has 3 N–H and O–H groups in total. The minimum Gasteiger partial charge on any atom is -0.393 e. The maximum absolute atomic E-state index is 10.7. The predicted molar refractivity (Wildman–Crippen MR) is 53.1 cm³/mol. The van der Waals surface area contributed by atoms with Crippen LogP contribution in [0.1, 0.15) is 0 Å². The average molecular weight is 241 g/mol. The van der Waals surface area contributed by atoms with Gasteiger partial charge in [0, 0.05) is 29.6 Å². The van der Waals surface area contributed by atoms with Gasteiger partial charge in [-0.25, -0.2) is 0 Å². The molecule has 0 heterocycles. The second kappa shape index (κ2) is 4.90. The van der Waals surface area contributed by atoms with Crippen LogP contribution < -0.4 is 5.73 Å². The van der Waals surface area contributed by atoms with E-state index in [1.54, 1.807) is 0 Å². The van der Waals surface area contributed by atoms with Crippen molar-refractivity contribution in [1.29, 1.82) is 0 Å². The number of nitro groups is 1. The van der Waals surface area contributed by atoms with Crippen molar-refractivity contribution in [3.05, 3.63) is 28.3 Å². The van der Waals surface area contributed by atoms with E-state index in [1.807, 2.05) is 0 Å². The molecule has 0 atom stereocenters. The molecule has 0 aliphatic rings. The van der Waals surface area contributed by atoms with Crippen LogP contribution in [0.4, 0.5) is 11.4 Å². The summed E-state index contributed by atoms with van der Waals surface area (Å²) in [5.74, 6) is 0. The summed E-state index contributed by atoms with van der Waals surface area (Å²) in [7, 11) is -4.62. The minimum atomic E-state index is -4.62. The summed E-state index contributed by atoms with van der Waals surface area (Å²) in [6.45, 7) is 0. The summed E-state index contributed by atoms with van der Waals surface area (Å²) in [5, 5.41) is 10.4. The van der Waals surface area contributed by atoms with Crippen LogP contribution in [0.25, 0.3) is 0 Å². The zero-order valence-corrected chi connectivity index (χ0v) is 10.6. The minimum absolute atomic E-state index is 0. The average Bonchev–Trinajstić information content (AvgIpc) is 2.01. The molecule has 0 spiro atoms. The van der Waals surface area contributed by atoms with Gasteiger partial charge < -0.3 is 5.73 Å². The Kier molecular flexibility index (Phi) is 4.68. The monoisotopic (exact) mass is 241 g/mol. The third kappa shape index (κ3) is 3.14. The summed E-state index contributed by atoms with van der Waals surface area (Å²) in [4.78, 5) is 8.68. The number of nitrogen functional groups attached to an aromatic ring is 1. The van der Waals surface area contributed by atoms with Gasteiger partial charge in [0.2, 0.25) is 0 Å². The molecule has 1 aromatic carbocycles. The number of benzene rings is 1. The molecule has 77 valence electrons. The summed E-state index contributed by atoms with van der Waals surface area (Å²) in [5.41, 5.74) is 4.08. The summed E-state index contributed by atoms with van der Waals surface area (Å²) in [6, 6.07) is 3.28. The Balaban J connectivity index is 0.00000196. The summed E-state index contributed by atoms with van der Waals surface area (Å²) in [6.07, 6.45) is 0. The first-order chi connectivity index (χ1) is 6.34. The molecule has 1 aromatic rings. The molecule has 0 amide bonds. The number of hydrogen-bond acceptors (Lipinski definition) is 5. The van der Waals surface area contributed by atoms with Crippen molar-refractivity contribution in [2.24, 2.45) is 0 Å². The second-order valence-electron chi connectivity index (χ2n) is 2.43. The number of nitrogens with zero attached hydrogens (tertiary/aromatic N) is 1. The maximum atomic E-state index is 10.7. The third-order valence-corrected chi connectivity index (χ3v) is 2.38. The fraction of sp³-hybridized carbons (Fsp3) is 0. The van der Waals surface area contributed by atoms with Crippen LogP contribution in [0.2, 0.25) is 0 Å². The molecule has 0 saturated carbocycles. The van der Waals surface area contributed by atoms with Gasteiger partial charge in [-0.05, 0) is 12.1 Å². The van der Waals surface area contributed by atoms with E-state index < -0.39 is 25.6 Å². The SMILES string of the molecule is Nc1cccc(S(=O)(=O)O)c1[N+](=O)[O-].[Na]. The van der Waals surface area contributed by atoms with Crippen molar-refractivity contribution in [2.45, 2.75) is 4.90 Å². The quantitative estimate of drug-likeness (QED) is 0.248. The van der Waals surface area contributed by atoms with Gasteiger partial charge in [0.05, 0.1) is 4.92 Å². The first kappa shape index (κ1) is 14.3. The van der Waals surface area contributed by atoms with E-state index in [2.05, 4.69) is 0 Å². The molecule has 0 aliphatic carbocycles. The van der Waals surface area contributed by atoms with E-state index in [0.717, 1.165) is 6.07 Å². The molecule has 0 unspecified atom stereocenters. The van der Waals surface area contributed by atoms with Crippen LogP contribution >= 0.6 is 0 Å². The normalized spacial score (nSPS) is 10.5. The zero-order chi connectivity index (χ0) is 10.9. The summed E-state index contributed by atoms with van der Waals surface area (Å²) >= 11 is 0. The predicted octanol–water partition coefficient (Wildman–Crippen LogP) is 0.0429. The molecular weight excluding hydrogens is 235 g/mol. The number of para-hydroxylation sites is 1. The van der Waals surface area contributed by atoms with E-state index in [9.17, 15) is 18.5 Å². The van der Waals surface area contributed by atoms with E-state index >= 15 is 0 Å². The van der Waals surface area contributed by atoms with Gasteiger partial charge in [0.15, 0.2) is 4.90 Å². The molecule has 7 nitrogen and oxygen atoms in total.